The van der Waals surface area contributed by atoms with Crippen molar-refractivity contribution in [1.82, 2.24) is 0 Å². The smallest absolute Gasteiger partial charge is 0.355 e. The third-order valence-corrected chi connectivity index (χ3v) is 4.17. The Morgan fingerprint density at radius 2 is 1.71 bits per heavy atom. The van der Waals surface area contributed by atoms with Crippen LogP contribution < -0.4 is 4.90 Å². The van der Waals surface area contributed by atoms with Crippen LogP contribution in [-0.2, 0) is 23.8 Å². The molecule has 1 aromatic carbocycles. The maximum atomic E-state index is 12.4. The number of ether oxygens (including phenoxy) is 3. The molecule has 0 fully saturated rings. The molecule has 1 aliphatic rings. The number of methoxy groups -OCH3 is 2. The average molecular weight is 395 g/mol. The van der Waals surface area contributed by atoms with E-state index in [-0.39, 0.29) is 41.4 Å². The highest BCUT2D eigenvalue weighted by Crippen LogP contribution is 2.42. The van der Waals surface area contributed by atoms with Crippen LogP contribution in [0.25, 0.3) is 0 Å². The molecule has 1 heterocycles. The fraction of sp³-hybridized carbons (Fsp3) is 0.375. The normalized spacial score (nSPS) is 13.9. The number of hydrogen-bond acceptors (Lipinski definition) is 10. The number of nitro groups is 2. The van der Waals surface area contributed by atoms with E-state index in [4.69, 9.17) is 9.47 Å². The topological polar surface area (TPSA) is 151 Å². The molecule has 0 unspecified atom stereocenters. The number of hydrogen-bond donors (Lipinski definition) is 0. The van der Waals surface area contributed by atoms with Crippen LogP contribution in [0.4, 0.5) is 17.1 Å². The number of esters is 2. The third-order valence-electron chi connectivity index (χ3n) is 4.17. The van der Waals surface area contributed by atoms with E-state index >= 15 is 0 Å². The molecule has 0 N–H and O–H groups in total. The third kappa shape index (κ3) is 3.49. The standard InChI is InChI=1S/C16H17N3O9/c1-8-5-11(18(22)23)9(2)13(19(24)25)12(8)17-7-28-6-10(15(20)26-3)14(17)16(21)27-4/h5H,6-7H2,1-4H3. The lowest BCUT2D eigenvalue weighted by atomic mass is 10.0. The van der Waals surface area contributed by atoms with Crippen LogP contribution in [-0.4, -0.2) is 49.3 Å². The second-order valence-electron chi connectivity index (χ2n) is 5.76. The molecule has 0 spiro atoms. The van der Waals surface area contributed by atoms with Gasteiger partial charge >= 0.3 is 17.6 Å². The Hall–Kier alpha value is -3.54. The first-order valence-electron chi connectivity index (χ1n) is 7.83. The predicted octanol–water partition coefficient (Wildman–Crippen LogP) is 1.51. The van der Waals surface area contributed by atoms with Crippen LogP contribution in [0, 0.1) is 34.1 Å². The molecule has 0 aliphatic carbocycles. The summed E-state index contributed by atoms with van der Waals surface area (Å²) in [6.07, 6.45) is 0. The lowest BCUT2D eigenvalue weighted by Crippen LogP contribution is -2.39. The van der Waals surface area contributed by atoms with Gasteiger partial charge in [0.05, 0.1) is 36.2 Å². The van der Waals surface area contributed by atoms with Gasteiger partial charge in [-0.15, -0.1) is 0 Å². The Morgan fingerprint density at radius 3 is 2.21 bits per heavy atom. The summed E-state index contributed by atoms with van der Waals surface area (Å²) in [5.41, 5.74) is -1.68. The van der Waals surface area contributed by atoms with Gasteiger partial charge in [-0.2, -0.15) is 0 Å². The Kier molecular flexibility index (Phi) is 5.93. The van der Waals surface area contributed by atoms with Crippen LogP contribution in [0.3, 0.4) is 0 Å². The van der Waals surface area contributed by atoms with Crippen molar-refractivity contribution in [2.75, 3.05) is 32.5 Å². The van der Waals surface area contributed by atoms with E-state index in [1.165, 1.54) is 13.8 Å². The van der Waals surface area contributed by atoms with Gasteiger partial charge in [0, 0.05) is 6.07 Å². The first-order valence-corrected chi connectivity index (χ1v) is 7.83. The van der Waals surface area contributed by atoms with Crippen LogP contribution in [0.1, 0.15) is 11.1 Å². The zero-order valence-corrected chi connectivity index (χ0v) is 15.5. The molecule has 0 aromatic heterocycles. The molecule has 0 saturated carbocycles. The number of aryl methyl sites for hydroxylation is 1. The molecule has 12 heteroatoms. The van der Waals surface area contributed by atoms with Gasteiger partial charge < -0.3 is 19.1 Å². The Balaban J connectivity index is 2.86. The zero-order valence-electron chi connectivity index (χ0n) is 15.5. The van der Waals surface area contributed by atoms with E-state index in [1.807, 2.05) is 0 Å². The highest BCUT2D eigenvalue weighted by Gasteiger charge is 2.38. The molecule has 0 atom stereocenters. The molecule has 150 valence electrons. The van der Waals surface area contributed by atoms with Gasteiger partial charge in [0.1, 0.15) is 23.7 Å². The molecule has 28 heavy (non-hydrogen) atoms. The average Bonchev–Trinajstić information content (AvgIpc) is 2.66. The second-order valence-corrected chi connectivity index (χ2v) is 5.76. The summed E-state index contributed by atoms with van der Waals surface area (Å²) in [7, 11) is 2.19. The van der Waals surface area contributed by atoms with Crippen LogP contribution in [0.5, 0.6) is 0 Å². The van der Waals surface area contributed by atoms with Crippen molar-refractivity contribution < 1.29 is 33.6 Å². The highest BCUT2D eigenvalue weighted by atomic mass is 16.6. The molecule has 0 saturated heterocycles. The van der Waals surface area contributed by atoms with Crippen LogP contribution >= 0.6 is 0 Å². The number of carbonyl (C=O) groups excluding carboxylic acids is 2. The Morgan fingerprint density at radius 1 is 1.11 bits per heavy atom. The van der Waals surface area contributed by atoms with Gasteiger partial charge in [0.25, 0.3) is 5.69 Å². The summed E-state index contributed by atoms with van der Waals surface area (Å²) in [5, 5.41) is 23.0. The molecule has 12 nitrogen and oxygen atoms in total. The van der Waals surface area contributed by atoms with Crippen LogP contribution in [0.2, 0.25) is 0 Å². The first-order chi connectivity index (χ1) is 13.1. The fourth-order valence-corrected chi connectivity index (χ4v) is 2.94. The number of benzene rings is 1. The van der Waals surface area contributed by atoms with Crippen molar-refractivity contribution in [3.63, 3.8) is 0 Å². The molecule has 1 aromatic rings. The number of nitrogens with zero attached hydrogens (tertiary/aromatic N) is 3. The molecule has 0 amide bonds. The van der Waals surface area contributed by atoms with Crippen molar-refractivity contribution in [2.24, 2.45) is 0 Å². The quantitative estimate of drug-likeness (QED) is 0.407. The maximum Gasteiger partial charge on any atom is 0.355 e. The number of rotatable bonds is 5. The largest absolute Gasteiger partial charge is 0.466 e. The van der Waals surface area contributed by atoms with E-state index < -0.39 is 33.2 Å². The summed E-state index contributed by atoms with van der Waals surface area (Å²) in [5.74, 6) is -1.81. The van der Waals surface area contributed by atoms with E-state index in [1.54, 1.807) is 0 Å². The van der Waals surface area contributed by atoms with E-state index in [0.29, 0.717) is 0 Å². The molecule has 1 aliphatic heterocycles. The minimum atomic E-state index is -0.937. The number of anilines is 1. The minimum Gasteiger partial charge on any atom is -0.466 e. The monoisotopic (exact) mass is 395 g/mol. The van der Waals surface area contributed by atoms with Gasteiger partial charge in [-0.25, -0.2) is 9.59 Å². The highest BCUT2D eigenvalue weighted by molar-refractivity contribution is 6.04. The first kappa shape index (κ1) is 20.8. The van der Waals surface area contributed by atoms with Crippen molar-refractivity contribution in [2.45, 2.75) is 13.8 Å². The fourth-order valence-electron chi connectivity index (χ4n) is 2.94. The lowest BCUT2D eigenvalue weighted by molar-refractivity contribution is -0.394. The molecule has 0 bridgehead atoms. The minimum absolute atomic E-state index is 0.116. The van der Waals surface area contributed by atoms with Gasteiger partial charge in [-0.05, 0) is 19.4 Å². The zero-order chi connectivity index (χ0) is 21.2. The molecular weight excluding hydrogens is 378 g/mol. The van der Waals surface area contributed by atoms with Crippen molar-refractivity contribution in [1.29, 1.82) is 0 Å². The summed E-state index contributed by atoms with van der Waals surface area (Å²) in [6, 6.07) is 1.15. The van der Waals surface area contributed by atoms with E-state index in [0.717, 1.165) is 25.2 Å². The summed E-state index contributed by atoms with van der Waals surface area (Å²) < 4.78 is 14.7. The lowest BCUT2D eigenvalue weighted by Gasteiger charge is -2.32. The maximum absolute atomic E-state index is 12.4. The summed E-state index contributed by atoms with van der Waals surface area (Å²) in [6.45, 7) is 2.05. The van der Waals surface area contributed by atoms with E-state index in [2.05, 4.69) is 4.74 Å². The van der Waals surface area contributed by atoms with Gasteiger partial charge in [-0.1, -0.05) is 0 Å². The van der Waals surface area contributed by atoms with Crippen LogP contribution in [0.15, 0.2) is 17.3 Å². The van der Waals surface area contributed by atoms with Crippen molar-refractivity contribution in [3.8, 4) is 0 Å². The van der Waals surface area contributed by atoms with Crippen molar-refractivity contribution in [3.05, 3.63) is 48.7 Å². The summed E-state index contributed by atoms with van der Waals surface area (Å²) >= 11 is 0. The predicted molar refractivity (Wildman–Crippen MR) is 93.6 cm³/mol. The second kappa shape index (κ2) is 8.00. The van der Waals surface area contributed by atoms with Gasteiger partial charge in [-0.3, -0.25) is 20.2 Å². The molecule has 2 rings (SSSR count). The Labute approximate surface area is 158 Å². The molecule has 0 radical (unpaired) electrons. The van der Waals surface area contributed by atoms with Crippen molar-refractivity contribution >= 4 is 29.0 Å². The molecular formula is C16H17N3O9. The van der Waals surface area contributed by atoms with E-state index in [9.17, 15) is 29.8 Å². The SMILES string of the molecule is COC(=O)C1=C(C(=O)OC)N(c2c(C)cc([N+](=O)[O-])c(C)c2[N+](=O)[O-])COC1. The summed E-state index contributed by atoms with van der Waals surface area (Å²) in [4.78, 5) is 47.0. The number of carbonyl (C=O) groups is 2. The van der Waals surface area contributed by atoms with Gasteiger partial charge in [0.15, 0.2) is 0 Å². The Bertz CT molecular complexity index is 907. The van der Waals surface area contributed by atoms with Gasteiger partial charge in [0.2, 0.25) is 0 Å². The number of nitro benzene ring substituents is 2.